The number of nitrogens with zero attached hydrogens (tertiary/aromatic N) is 2. The number of aromatic nitrogens is 1. The number of oxazole rings is 1. The molecule has 0 unspecified atom stereocenters. The molecule has 1 saturated heterocycles. The Labute approximate surface area is 120 Å². The molecule has 1 aliphatic rings. The number of nitrogens with one attached hydrogen (secondary N) is 1. The molecule has 1 fully saturated rings. The monoisotopic (exact) mass is 279 g/mol. The van der Waals surface area contributed by atoms with Gasteiger partial charge in [0.2, 0.25) is 5.91 Å². The van der Waals surface area contributed by atoms with E-state index in [0.29, 0.717) is 12.4 Å². The average Bonchev–Trinajstić information content (AvgIpc) is 2.75. The fraction of sp³-hybridized carbons (Fsp3) is 0.733. The second-order valence-electron chi connectivity index (χ2n) is 5.58. The highest BCUT2D eigenvalue weighted by atomic mass is 16.4. The normalized spacial score (nSPS) is 17.4. The minimum atomic E-state index is 0.146. The maximum atomic E-state index is 12.2. The quantitative estimate of drug-likeness (QED) is 0.896. The summed E-state index contributed by atoms with van der Waals surface area (Å²) in [7, 11) is 0. The molecule has 0 radical (unpaired) electrons. The van der Waals surface area contributed by atoms with E-state index in [1.807, 2.05) is 13.8 Å². The molecule has 20 heavy (non-hydrogen) atoms. The first-order chi connectivity index (χ1) is 9.60. The van der Waals surface area contributed by atoms with Crippen LogP contribution in [-0.2, 0) is 11.3 Å². The predicted molar refractivity (Wildman–Crippen MR) is 77.3 cm³/mol. The first-order valence-corrected chi connectivity index (χ1v) is 7.53. The van der Waals surface area contributed by atoms with Gasteiger partial charge in [0.15, 0.2) is 5.89 Å². The summed E-state index contributed by atoms with van der Waals surface area (Å²) in [5.41, 5.74) is 0.862. The molecule has 112 valence electrons. The van der Waals surface area contributed by atoms with Crippen molar-refractivity contribution in [2.24, 2.45) is 5.92 Å². The third-order valence-corrected chi connectivity index (χ3v) is 3.92. The van der Waals surface area contributed by atoms with Crippen molar-refractivity contribution >= 4 is 5.91 Å². The summed E-state index contributed by atoms with van der Waals surface area (Å²) in [6, 6.07) is 0. The van der Waals surface area contributed by atoms with E-state index in [9.17, 15) is 4.79 Å². The van der Waals surface area contributed by atoms with Gasteiger partial charge in [-0.25, -0.2) is 4.98 Å². The molecule has 0 atom stereocenters. The zero-order valence-electron chi connectivity index (χ0n) is 12.7. The van der Waals surface area contributed by atoms with Gasteiger partial charge in [0.05, 0.1) is 12.2 Å². The molecule has 2 rings (SSSR count). The molecule has 0 saturated carbocycles. The molecular weight excluding hydrogens is 254 g/mol. The number of carbonyl (C=O) groups excluding carboxylic acids is 1. The van der Waals surface area contributed by atoms with Crippen LogP contribution in [-0.4, -0.2) is 35.4 Å². The smallest absolute Gasteiger partial charge is 0.223 e. The number of piperidine rings is 1. The SMILES string of the molecule is CCCN1CCC(C(=O)NCc2oc(C)nc2C)CC1. The van der Waals surface area contributed by atoms with Gasteiger partial charge in [-0.05, 0) is 45.8 Å². The van der Waals surface area contributed by atoms with Crippen LogP contribution in [0.4, 0.5) is 0 Å². The van der Waals surface area contributed by atoms with Gasteiger partial charge >= 0.3 is 0 Å². The number of hydrogen-bond acceptors (Lipinski definition) is 4. The molecule has 0 aliphatic carbocycles. The molecule has 1 aliphatic heterocycles. The van der Waals surface area contributed by atoms with Gasteiger partial charge in [-0.3, -0.25) is 4.79 Å². The van der Waals surface area contributed by atoms with Crippen molar-refractivity contribution in [2.45, 2.75) is 46.6 Å². The highest BCUT2D eigenvalue weighted by molar-refractivity contribution is 5.78. The molecule has 2 heterocycles. The third-order valence-electron chi connectivity index (χ3n) is 3.92. The molecule has 5 heteroatoms. The van der Waals surface area contributed by atoms with Crippen LogP contribution < -0.4 is 5.32 Å². The minimum Gasteiger partial charge on any atom is -0.444 e. The Morgan fingerprint density at radius 1 is 1.40 bits per heavy atom. The maximum Gasteiger partial charge on any atom is 0.223 e. The maximum absolute atomic E-state index is 12.2. The van der Waals surface area contributed by atoms with Crippen molar-refractivity contribution in [3.05, 3.63) is 17.3 Å². The second kappa shape index (κ2) is 6.88. The summed E-state index contributed by atoms with van der Waals surface area (Å²) in [5.74, 6) is 1.71. The van der Waals surface area contributed by atoms with Crippen LogP contribution in [0.5, 0.6) is 0 Å². The minimum absolute atomic E-state index is 0.146. The topological polar surface area (TPSA) is 58.4 Å². The van der Waals surface area contributed by atoms with Gasteiger partial charge < -0.3 is 14.6 Å². The number of likely N-dealkylation sites (tertiary alicyclic amines) is 1. The Kier molecular flexibility index (Phi) is 5.17. The van der Waals surface area contributed by atoms with Gasteiger partial charge in [-0.1, -0.05) is 6.92 Å². The molecule has 1 aromatic rings. The van der Waals surface area contributed by atoms with Gasteiger partial charge in [-0.2, -0.15) is 0 Å². The van der Waals surface area contributed by atoms with Crippen molar-refractivity contribution < 1.29 is 9.21 Å². The van der Waals surface area contributed by atoms with Crippen LogP contribution >= 0.6 is 0 Å². The van der Waals surface area contributed by atoms with E-state index >= 15 is 0 Å². The fourth-order valence-electron chi connectivity index (χ4n) is 2.78. The molecule has 0 aromatic carbocycles. The Morgan fingerprint density at radius 3 is 2.65 bits per heavy atom. The average molecular weight is 279 g/mol. The summed E-state index contributed by atoms with van der Waals surface area (Å²) in [6.07, 6.45) is 3.10. The number of aryl methyl sites for hydroxylation is 2. The number of hydrogen-bond donors (Lipinski definition) is 1. The summed E-state index contributed by atoms with van der Waals surface area (Å²) in [6.45, 7) is 9.58. The second-order valence-corrected chi connectivity index (χ2v) is 5.58. The molecule has 5 nitrogen and oxygen atoms in total. The number of rotatable bonds is 5. The van der Waals surface area contributed by atoms with E-state index in [4.69, 9.17) is 4.42 Å². The lowest BCUT2D eigenvalue weighted by Crippen LogP contribution is -2.40. The first kappa shape index (κ1) is 15.0. The molecule has 1 amide bonds. The van der Waals surface area contributed by atoms with Gasteiger partial charge in [0, 0.05) is 12.8 Å². The van der Waals surface area contributed by atoms with Crippen LogP contribution in [0.2, 0.25) is 0 Å². The lowest BCUT2D eigenvalue weighted by molar-refractivity contribution is -0.126. The van der Waals surface area contributed by atoms with Crippen molar-refractivity contribution in [3.8, 4) is 0 Å². The summed E-state index contributed by atoms with van der Waals surface area (Å²) in [4.78, 5) is 18.8. The lowest BCUT2D eigenvalue weighted by atomic mass is 9.96. The van der Waals surface area contributed by atoms with E-state index in [2.05, 4.69) is 22.1 Å². The van der Waals surface area contributed by atoms with Gasteiger partial charge in [-0.15, -0.1) is 0 Å². The largest absolute Gasteiger partial charge is 0.444 e. The van der Waals surface area contributed by atoms with E-state index in [1.54, 1.807) is 0 Å². The highest BCUT2D eigenvalue weighted by Crippen LogP contribution is 2.18. The number of carbonyl (C=O) groups is 1. The van der Waals surface area contributed by atoms with Crippen LogP contribution in [0, 0.1) is 19.8 Å². The zero-order chi connectivity index (χ0) is 14.5. The Morgan fingerprint density at radius 2 is 2.10 bits per heavy atom. The standard InChI is InChI=1S/C15H25N3O2/c1-4-7-18-8-5-13(6-9-18)15(19)16-10-14-11(2)17-12(3)20-14/h13H,4-10H2,1-3H3,(H,16,19). The number of amides is 1. The molecule has 0 bridgehead atoms. The van der Waals surface area contributed by atoms with Crippen molar-refractivity contribution in [1.82, 2.24) is 15.2 Å². The van der Waals surface area contributed by atoms with E-state index < -0.39 is 0 Å². The van der Waals surface area contributed by atoms with Crippen LogP contribution in [0.25, 0.3) is 0 Å². The van der Waals surface area contributed by atoms with E-state index in [-0.39, 0.29) is 11.8 Å². The van der Waals surface area contributed by atoms with Crippen molar-refractivity contribution in [1.29, 1.82) is 0 Å². The summed E-state index contributed by atoms with van der Waals surface area (Å²) < 4.78 is 5.47. The van der Waals surface area contributed by atoms with E-state index in [0.717, 1.165) is 43.9 Å². The zero-order valence-corrected chi connectivity index (χ0v) is 12.7. The Bertz CT molecular complexity index is 448. The fourth-order valence-corrected chi connectivity index (χ4v) is 2.78. The van der Waals surface area contributed by atoms with Gasteiger partial charge in [0.25, 0.3) is 0 Å². The molecular formula is C15H25N3O2. The van der Waals surface area contributed by atoms with Gasteiger partial charge in [0.1, 0.15) is 5.76 Å². The molecule has 1 N–H and O–H groups in total. The van der Waals surface area contributed by atoms with Crippen LogP contribution in [0.15, 0.2) is 4.42 Å². The Balaban J connectivity index is 1.77. The van der Waals surface area contributed by atoms with Crippen molar-refractivity contribution in [3.63, 3.8) is 0 Å². The van der Waals surface area contributed by atoms with Crippen LogP contribution in [0.1, 0.15) is 43.5 Å². The van der Waals surface area contributed by atoms with Crippen LogP contribution in [0.3, 0.4) is 0 Å². The molecule has 0 spiro atoms. The van der Waals surface area contributed by atoms with Crippen molar-refractivity contribution in [2.75, 3.05) is 19.6 Å². The first-order valence-electron chi connectivity index (χ1n) is 7.53. The Hall–Kier alpha value is -1.36. The van der Waals surface area contributed by atoms with E-state index in [1.165, 1.54) is 6.42 Å². The highest BCUT2D eigenvalue weighted by Gasteiger charge is 2.24. The lowest BCUT2D eigenvalue weighted by Gasteiger charge is -2.30. The summed E-state index contributed by atoms with van der Waals surface area (Å²) in [5, 5.41) is 2.98. The summed E-state index contributed by atoms with van der Waals surface area (Å²) >= 11 is 0. The molecule has 1 aromatic heterocycles. The predicted octanol–water partition coefficient (Wildman–Crippen LogP) is 2.03. The third kappa shape index (κ3) is 3.82.